The molecule has 2 aromatic rings. The Morgan fingerprint density at radius 2 is 2.33 bits per heavy atom. The van der Waals surface area contributed by atoms with Gasteiger partial charge in [-0.25, -0.2) is 4.98 Å². The molecule has 1 nitrogen and oxygen atoms in total. The molecule has 1 heterocycles. The Kier molecular flexibility index (Phi) is 3.63. The Morgan fingerprint density at radius 3 is 3.13 bits per heavy atom. The lowest BCUT2D eigenvalue weighted by Crippen LogP contribution is -1.74. The van der Waals surface area contributed by atoms with Crippen molar-refractivity contribution in [3.05, 3.63) is 28.2 Å². The van der Waals surface area contributed by atoms with Crippen LogP contribution in [-0.2, 0) is 0 Å². The first kappa shape index (κ1) is 10.9. The molecule has 0 bridgehead atoms. The molecule has 0 aliphatic carbocycles. The minimum atomic E-state index is 0.579. The number of rotatable bonds is 1. The Morgan fingerprint density at radius 1 is 1.47 bits per heavy atom. The Bertz CT molecular complexity index is 538. The second-order valence-corrected chi connectivity index (χ2v) is 5.30. The number of nitrogens with zero attached hydrogens (tertiary/aromatic N) is 1. The lowest BCUT2D eigenvalue weighted by atomic mass is 10.2. The third kappa shape index (κ3) is 2.72. The van der Waals surface area contributed by atoms with E-state index in [1.165, 1.54) is 11.3 Å². The van der Waals surface area contributed by atoms with Gasteiger partial charge in [-0.3, -0.25) is 0 Å². The van der Waals surface area contributed by atoms with Gasteiger partial charge in [-0.1, -0.05) is 39.4 Å². The van der Waals surface area contributed by atoms with Gasteiger partial charge in [-0.15, -0.1) is 11.3 Å². The Balaban J connectivity index is 2.35. The third-order valence-electron chi connectivity index (χ3n) is 1.81. The molecule has 0 aliphatic heterocycles. The lowest BCUT2D eigenvalue weighted by molar-refractivity contribution is 1.32. The summed E-state index contributed by atoms with van der Waals surface area (Å²) in [5.74, 6) is 6.18. The molecule has 1 aromatic heterocycles. The summed E-state index contributed by atoms with van der Waals surface area (Å²) >= 11 is 10.6. The van der Waals surface area contributed by atoms with Crippen molar-refractivity contribution in [2.75, 3.05) is 5.33 Å². The van der Waals surface area contributed by atoms with E-state index in [0.717, 1.165) is 27.5 Å². The number of thiazole rings is 1. The molecule has 0 aliphatic rings. The van der Waals surface area contributed by atoms with Crippen molar-refractivity contribution in [1.82, 2.24) is 4.98 Å². The van der Waals surface area contributed by atoms with Crippen LogP contribution in [0.15, 0.2) is 18.2 Å². The van der Waals surface area contributed by atoms with Gasteiger partial charge in [0.05, 0.1) is 10.2 Å². The van der Waals surface area contributed by atoms with E-state index in [4.69, 9.17) is 11.6 Å². The number of alkyl halides is 1. The predicted octanol–water partition coefficient (Wildman–Crippen LogP) is 4.09. The minimum absolute atomic E-state index is 0.579. The van der Waals surface area contributed by atoms with E-state index >= 15 is 0 Å². The number of hydrogen-bond donors (Lipinski definition) is 0. The molecule has 4 heteroatoms. The van der Waals surface area contributed by atoms with Crippen LogP contribution in [0.25, 0.3) is 10.2 Å². The average molecular weight is 301 g/mol. The van der Waals surface area contributed by atoms with E-state index in [1.54, 1.807) is 0 Å². The van der Waals surface area contributed by atoms with Crippen LogP contribution in [0, 0.1) is 11.8 Å². The molecule has 0 radical (unpaired) electrons. The second-order valence-electron chi connectivity index (χ2n) is 2.89. The summed E-state index contributed by atoms with van der Waals surface area (Å²) in [7, 11) is 0. The number of fused-ring (bicyclic) bond motifs is 1. The summed E-state index contributed by atoms with van der Waals surface area (Å²) in [6.45, 7) is 0. The van der Waals surface area contributed by atoms with Crippen LogP contribution in [0.1, 0.15) is 12.0 Å². The van der Waals surface area contributed by atoms with Gasteiger partial charge in [0.1, 0.15) is 0 Å². The maximum atomic E-state index is 5.83. The van der Waals surface area contributed by atoms with E-state index in [2.05, 4.69) is 32.8 Å². The first-order chi connectivity index (χ1) is 7.29. The quantitative estimate of drug-likeness (QED) is 0.571. The zero-order valence-electron chi connectivity index (χ0n) is 7.76. The molecular weight excluding hydrogens is 294 g/mol. The molecule has 0 amide bonds. The summed E-state index contributed by atoms with van der Waals surface area (Å²) in [4.78, 5) is 4.18. The molecule has 0 fully saturated rings. The molecule has 1 aromatic carbocycles. The molecule has 0 spiro atoms. The smallest absolute Gasteiger partial charge is 0.184 e. The predicted molar refractivity (Wildman–Crippen MR) is 69.9 cm³/mol. The fraction of sp³-hybridized carbons (Fsp3) is 0.182. The van der Waals surface area contributed by atoms with E-state index in [0.29, 0.717) is 4.47 Å². The number of aromatic nitrogens is 1. The van der Waals surface area contributed by atoms with Crippen LogP contribution in [0.3, 0.4) is 0 Å². The highest BCUT2D eigenvalue weighted by molar-refractivity contribution is 9.09. The number of hydrogen-bond acceptors (Lipinski definition) is 2. The number of halogens is 2. The fourth-order valence-electron chi connectivity index (χ4n) is 1.19. The lowest BCUT2D eigenvalue weighted by Gasteiger charge is -1.89. The summed E-state index contributed by atoms with van der Waals surface area (Å²) < 4.78 is 1.67. The average Bonchev–Trinajstić information content (AvgIpc) is 2.57. The fourth-order valence-corrected chi connectivity index (χ4v) is 2.45. The number of benzene rings is 1. The van der Waals surface area contributed by atoms with E-state index in [-0.39, 0.29) is 0 Å². The summed E-state index contributed by atoms with van der Waals surface area (Å²) in [6, 6.07) is 5.95. The SMILES string of the molecule is Clc1nc2ccc(C#CCCBr)cc2s1. The first-order valence-electron chi connectivity index (χ1n) is 4.40. The van der Waals surface area contributed by atoms with Crippen molar-refractivity contribution in [2.45, 2.75) is 6.42 Å². The van der Waals surface area contributed by atoms with E-state index in [1.807, 2.05) is 18.2 Å². The molecule has 0 atom stereocenters. The molecule has 0 unspecified atom stereocenters. The van der Waals surface area contributed by atoms with Gasteiger partial charge in [0, 0.05) is 17.3 Å². The summed E-state index contributed by atoms with van der Waals surface area (Å²) in [5, 5.41) is 0.911. The van der Waals surface area contributed by atoms with E-state index in [9.17, 15) is 0 Å². The molecule has 0 N–H and O–H groups in total. The normalized spacial score (nSPS) is 10.0. The van der Waals surface area contributed by atoms with Gasteiger partial charge in [-0.05, 0) is 18.2 Å². The van der Waals surface area contributed by atoms with Crippen molar-refractivity contribution < 1.29 is 0 Å². The highest BCUT2D eigenvalue weighted by Crippen LogP contribution is 2.26. The highest BCUT2D eigenvalue weighted by atomic mass is 79.9. The molecule has 76 valence electrons. The van der Waals surface area contributed by atoms with Crippen LogP contribution < -0.4 is 0 Å². The van der Waals surface area contributed by atoms with Crippen LogP contribution in [0.2, 0.25) is 4.47 Å². The minimum Gasteiger partial charge on any atom is -0.225 e. The molecular formula is C11H7BrClNS. The molecule has 0 saturated carbocycles. The van der Waals surface area contributed by atoms with Crippen LogP contribution in [0.4, 0.5) is 0 Å². The molecule has 2 rings (SSSR count). The zero-order chi connectivity index (χ0) is 10.7. The highest BCUT2D eigenvalue weighted by Gasteiger charge is 2.00. The summed E-state index contributed by atoms with van der Waals surface area (Å²) in [6.07, 6.45) is 0.863. The third-order valence-corrected chi connectivity index (χ3v) is 3.33. The topological polar surface area (TPSA) is 12.9 Å². The van der Waals surface area contributed by atoms with Gasteiger partial charge < -0.3 is 0 Å². The van der Waals surface area contributed by atoms with Crippen molar-refractivity contribution in [2.24, 2.45) is 0 Å². The summed E-state index contributed by atoms with van der Waals surface area (Å²) in [5.41, 5.74) is 1.96. The van der Waals surface area contributed by atoms with Gasteiger partial charge >= 0.3 is 0 Å². The Hall–Kier alpha value is -0.560. The van der Waals surface area contributed by atoms with Crippen molar-refractivity contribution in [1.29, 1.82) is 0 Å². The van der Waals surface area contributed by atoms with Crippen LogP contribution in [-0.4, -0.2) is 10.3 Å². The largest absolute Gasteiger partial charge is 0.225 e. The van der Waals surface area contributed by atoms with Gasteiger partial charge in [0.15, 0.2) is 4.47 Å². The van der Waals surface area contributed by atoms with Crippen LogP contribution in [0.5, 0.6) is 0 Å². The zero-order valence-corrected chi connectivity index (χ0v) is 10.9. The van der Waals surface area contributed by atoms with Crippen molar-refractivity contribution in [3.8, 4) is 11.8 Å². The monoisotopic (exact) mass is 299 g/mol. The maximum Gasteiger partial charge on any atom is 0.184 e. The first-order valence-corrected chi connectivity index (χ1v) is 6.72. The molecule has 15 heavy (non-hydrogen) atoms. The van der Waals surface area contributed by atoms with Gasteiger partial charge in [0.25, 0.3) is 0 Å². The molecule has 0 saturated heterocycles. The van der Waals surface area contributed by atoms with E-state index < -0.39 is 0 Å². The maximum absolute atomic E-state index is 5.83. The standard InChI is InChI=1S/C11H7BrClNS/c12-6-2-1-3-8-4-5-9-10(7-8)15-11(13)14-9/h4-5,7H,2,6H2. The van der Waals surface area contributed by atoms with Gasteiger partial charge in [-0.2, -0.15) is 0 Å². The Labute approximate surface area is 106 Å². The van der Waals surface area contributed by atoms with Crippen molar-refractivity contribution in [3.63, 3.8) is 0 Å². The van der Waals surface area contributed by atoms with Crippen LogP contribution >= 0.6 is 38.9 Å². The second kappa shape index (κ2) is 4.98. The van der Waals surface area contributed by atoms with Gasteiger partial charge in [0.2, 0.25) is 0 Å². The van der Waals surface area contributed by atoms with Crippen molar-refractivity contribution >= 4 is 49.1 Å².